The SMILES string of the molecule is CCCn1c(C)nc2ccc(C(=O)c3nc(-c4cccc(CN)c4)c4ccccn34)cc2c1=O. The molecule has 5 aromatic rings. The third kappa shape index (κ3) is 3.60. The minimum Gasteiger partial charge on any atom is -0.326 e. The largest absolute Gasteiger partial charge is 0.326 e. The van der Waals surface area contributed by atoms with Crippen molar-refractivity contribution in [2.75, 3.05) is 0 Å². The zero-order valence-electron chi connectivity index (χ0n) is 19.2. The Morgan fingerprint density at radius 2 is 1.88 bits per heavy atom. The average molecular weight is 452 g/mol. The van der Waals surface area contributed by atoms with Gasteiger partial charge in [0, 0.05) is 30.4 Å². The number of nitrogens with zero attached hydrogens (tertiary/aromatic N) is 4. The minimum absolute atomic E-state index is 0.133. The maximum Gasteiger partial charge on any atom is 0.261 e. The van der Waals surface area contributed by atoms with Crippen molar-refractivity contribution in [3.63, 3.8) is 0 Å². The van der Waals surface area contributed by atoms with E-state index in [9.17, 15) is 9.59 Å². The lowest BCUT2D eigenvalue weighted by Crippen LogP contribution is -2.24. The fourth-order valence-corrected chi connectivity index (χ4v) is 4.35. The first-order valence-electron chi connectivity index (χ1n) is 11.3. The van der Waals surface area contributed by atoms with Gasteiger partial charge in [-0.2, -0.15) is 0 Å². The lowest BCUT2D eigenvalue weighted by molar-refractivity contribution is 0.102. The summed E-state index contributed by atoms with van der Waals surface area (Å²) in [7, 11) is 0. The molecule has 2 N–H and O–H groups in total. The molecule has 0 spiro atoms. The Morgan fingerprint density at radius 1 is 1.03 bits per heavy atom. The average Bonchev–Trinajstić information content (AvgIpc) is 3.26. The first kappa shape index (κ1) is 21.7. The van der Waals surface area contributed by atoms with Crippen LogP contribution in [0.15, 0.2) is 71.7 Å². The second-order valence-corrected chi connectivity index (χ2v) is 8.32. The van der Waals surface area contributed by atoms with E-state index in [1.165, 1.54) is 0 Å². The van der Waals surface area contributed by atoms with Crippen molar-refractivity contribution in [3.05, 3.63) is 100.0 Å². The van der Waals surface area contributed by atoms with Gasteiger partial charge in [0.25, 0.3) is 5.56 Å². The topological polar surface area (TPSA) is 95.3 Å². The van der Waals surface area contributed by atoms with Crippen LogP contribution in [0.3, 0.4) is 0 Å². The molecule has 0 bridgehead atoms. The highest BCUT2D eigenvalue weighted by Gasteiger charge is 2.21. The second kappa shape index (κ2) is 8.68. The van der Waals surface area contributed by atoms with Gasteiger partial charge in [-0.25, -0.2) is 9.97 Å². The van der Waals surface area contributed by atoms with Gasteiger partial charge < -0.3 is 5.73 Å². The number of carbonyl (C=O) groups excluding carboxylic acids is 1. The van der Waals surface area contributed by atoms with Crippen molar-refractivity contribution >= 4 is 22.2 Å². The third-order valence-corrected chi connectivity index (χ3v) is 6.04. The van der Waals surface area contributed by atoms with Crippen LogP contribution < -0.4 is 11.3 Å². The number of aromatic nitrogens is 4. The van der Waals surface area contributed by atoms with E-state index in [-0.39, 0.29) is 17.2 Å². The molecule has 34 heavy (non-hydrogen) atoms. The molecule has 3 heterocycles. The van der Waals surface area contributed by atoms with E-state index in [1.807, 2.05) is 62.5 Å². The van der Waals surface area contributed by atoms with Crippen LogP contribution in [-0.4, -0.2) is 24.7 Å². The molecule has 0 amide bonds. The molecule has 7 heteroatoms. The Kier molecular flexibility index (Phi) is 5.55. The first-order valence-corrected chi connectivity index (χ1v) is 11.3. The molecule has 0 atom stereocenters. The number of hydrogen-bond acceptors (Lipinski definition) is 5. The van der Waals surface area contributed by atoms with E-state index >= 15 is 0 Å². The summed E-state index contributed by atoms with van der Waals surface area (Å²) in [6.07, 6.45) is 2.65. The summed E-state index contributed by atoms with van der Waals surface area (Å²) in [5.41, 5.74) is 10.1. The van der Waals surface area contributed by atoms with E-state index in [0.29, 0.717) is 41.1 Å². The second-order valence-electron chi connectivity index (χ2n) is 8.32. The number of hydrogen-bond donors (Lipinski definition) is 1. The molecule has 7 nitrogen and oxygen atoms in total. The molecule has 0 saturated heterocycles. The van der Waals surface area contributed by atoms with E-state index in [0.717, 1.165) is 23.1 Å². The number of rotatable bonds is 6. The lowest BCUT2D eigenvalue weighted by atomic mass is 10.1. The fraction of sp³-hybridized carbons (Fsp3) is 0.185. The summed E-state index contributed by atoms with van der Waals surface area (Å²) in [6, 6.07) is 18.6. The monoisotopic (exact) mass is 451 g/mol. The van der Waals surface area contributed by atoms with Gasteiger partial charge in [-0.15, -0.1) is 0 Å². The van der Waals surface area contributed by atoms with Gasteiger partial charge in [-0.05, 0) is 55.3 Å². The van der Waals surface area contributed by atoms with Crippen LogP contribution >= 0.6 is 0 Å². The van der Waals surface area contributed by atoms with E-state index in [2.05, 4.69) is 4.98 Å². The molecule has 3 aromatic heterocycles. The van der Waals surface area contributed by atoms with Gasteiger partial charge in [0.15, 0.2) is 5.82 Å². The molecule has 0 unspecified atom stereocenters. The molecule has 0 radical (unpaired) electrons. The number of ketones is 1. The molecular weight excluding hydrogens is 426 g/mol. The van der Waals surface area contributed by atoms with Crippen LogP contribution in [0.4, 0.5) is 0 Å². The Hall–Kier alpha value is -4.10. The van der Waals surface area contributed by atoms with E-state index < -0.39 is 0 Å². The molecular formula is C27H25N5O2. The number of fused-ring (bicyclic) bond motifs is 2. The van der Waals surface area contributed by atoms with Crippen LogP contribution in [0.2, 0.25) is 0 Å². The Balaban J connectivity index is 1.66. The van der Waals surface area contributed by atoms with Crippen LogP contribution in [0.5, 0.6) is 0 Å². The van der Waals surface area contributed by atoms with Crippen LogP contribution in [-0.2, 0) is 13.1 Å². The summed E-state index contributed by atoms with van der Waals surface area (Å²) in [5, 5.41) is 0.432. The molecule has 170 valence electrons. The maximum atomic E-state index is 13.6. The molecule has 0 aliphatic carbocycles. The molecule has 0 aliphatic heterocycles. The number of benzene rings is 2. The summed E-state index contributed by atoms with van der Waals surface area (Å²) < 4.78 is 3.45. The summed E-state index contributed by atoms with van der Waals surface area (Å²) in [4.78, 5) is 36.0. The van der Waals surface area contributed by atoms with Gasteiger partial charge in [-0.1, -0.05) is 31.2 Å². The zero-order valence-corrected chi connectivity index (χ0v) is 19.2. The van der Waals surface area contributed by atoms with Gasteiger partial charge in [0.2, 0.25) is 5.78 Å². The summed E-state index contributed by atoms with van der Waals surface area (Å²) >= 11 is 0. The van der Waals surface area contributed by atoms with Crippen molar-refractivity contribution in [2.24, 2.45) is 5.73 Å². The molecule has 5 rings (SSSR count). The van der Waals surface area contributed by atoms with Crippen molar-refractivity contribution in [1.29, 1.82) is 0 Å². The summed E-state index contributed by atoms with van der Waals surface area (Å²) in [5.74, 6) is 0.699. The Morgan fingerprint density at radius 3 is 2.68 bits per heavy atom. The number of nitrogens with two attached hydrogens (primary N) is 1. The standard InChI is InChI=1S/C27H25N5O2/c1-3-12-31-17(2)29-22-11-10-20(15-21(22)27(31)34)25(33)26-30-24(23-9-4-5-13-32(23)26)19-8-6-7-18(14-19)16-28/h4-11,13-15H,3,12,16,28H2,1-2H3. The Labute approximate surface area is 196 Å². The van der Waals surface area contributed by atoms with Gasteiger partial charge in [0.05, 0.1) is 22.1 Å². The van der Waals surface area contributed by atoms with Crippen LogP contribution in [0, 0.1) is 6.92 Å². The van der Waals surface area contributed by atoms with Gasteiger partial charge in [-0.3, -0.25) is 18.6 Å². The predicted molar refractivity (Wildman–Crippen MR) is 133 cm³/mol. The lowest BCUT2D eigenvalue weighted by Gasteiger charge is -2.10. The van der Waals surface area contributed by atoms with E-state index in [4.69, 9.17) is 10.7 Å². The first-order chi connectivity index (χ1) is 16.5. The van der Waals surface area contributed by atoms with Gasteiger partial charge in [0.1, 0.15) is 5.82 Å². The highest BCUT2D eigenvalue weighted by Crippen LogP contribution is 2.27. The highest BCUT2D eigenvalue weighted by atomic mass is 16.1. The van der Waals surface area contributed by atoms with Crippen molar-refractivity contribution in [2.45, 2.75) is 33.4 Å². The van der Waals surface area contributed by atoms with Crippen LogP contribution in [0.25, 0.3) is 27.7 Å². The summed E-state index contributed by atoms with van der Waals surface area (Å²) in [6.45, 7) is 4.85. The molecule has 0 aliphatic rings. The number of aryl methyl sites for hydroxylation is 1. The maximum absolute atomic E-state index is 13.6. The minimum atomic E-state index is -0.258. The smallest absolute Gasteiger partial charge is 0.261 e. The molecule has 2 aromatic carbocycles. The third-order valence-electron chi connectivity index (χ3n) is 6.04. The Bertz CT molecular complexity index is 1610. The van der Waals surface area contributed by atoms with Crippen molar-refractivity contribution in [3.8, 4) is 11.3 Å². The fourth-order valence-electron chi connectivity index (χ4n) is 4.35. The quantitative estimate of drug-likeness (QED) is 0.392. The zero-order chi connectivity index (χ0) is 23.8. The predicted octanol–water partition coefficient (Wildman–Crippen LogP) is 4.12. The number of carbonyl (C=O) groups is 1. The molecule has 0 fully saturated rings. The van der Waals surface area contributed by atoms with Gasteiger partial charge >= 0.3 is 0 Å². The van der Waals surface area contributed by atoms with Crippen molar-refractivity contribution in [1.82, 2.24) is 18.9 Å². The van der Waals surface area contributed by atoms with Crippen molar-refractivity contribution < 1.29 is 4.79 Å². The van der Waals surface area contributed by atoms with E-state index in [1.54, 1.807) is 27.2 Å². The molecule has 0 saturated carbocycles. The van der Waals surface area contributed by atoms with Crippen LogP contribution in [0.1, 0.15) is 40.9 Å². The highest BCUT2D eigenvalue weighted by molar-refractivity contribution is 6.09. The number of pyridine rings is 1. The number of imidazole rings is 1. The normalized spacial score (nSPS) is 11.4.